The van der Waals surface area contributed by atoms with Crippen molar-refractivity contribution in [2.24, 2.45) is 5.16 Å². The molecule has 1 N–H and O–H groups in total. The molecule has 3 rings (SSSR count). The molecule has 0 atom stereocenters. The van der Waals surface area contributed by atoms with E-state index in [1.165, 1.54) is 0 Å². The first-order valence-electron chi connectivity index (χ1n) is 9.62. The summed E-state index contributed by atoms with van der Waals surface area (Å²) in [5.41, 5.74) is 1.91. The van der Waals surface area contributed by atoms with Gasteiger partial charge in [-0.3, -0.25) is 4.79 Å². The zero-order valence-corrected chi connectivity index (χ0v) is 16.0. The molecule has 0 aliphatic carbocycles. The number of aromatic nitrogens is 1. The van der Waals surface area contributed by atoms with Crippen molar-refractivity contribution >= 4 is 17.5 Å². The van der Waals surface area contributed by atoms with Crippen LogP contribution in [-0.4, -0.2) is 60.1 Å². The molecular weight excluding hydrogens is 348 g/mol. The molecule has 2 aliphatic heterocycles. The van der Waals surface area contributed by atoms with Crippen molar-refractivity contribution in [1.82, 2.24) is 9.88 Å². The Morgan fingerprint density at radius 3 is 2.56 bits per heavy atom. The number of carbonyl (C=O) groups excluding carboxylic acids is 1. The fourth-order valence-corrected chi connectivity index (χ4v) is 3.31. The molecule has 3 heterocycles. The molecule has 0 unspecified atom stereocenters. The van der Waals surface area contributed by atoms with Crippen LogP contribution in [-0.2, 0) is 9.57 Å². The zero-order chi connectivity index (χ0) is 19.2. The van der Waals surface area contributed by atoms with E-state index in [9.17, 15) is 9.59 Å². The van der Waals surface area contributed by atoms with E-state index in [0.29, 0.717) is 13.1 Å². The van der Waals surface area contributed by atoms with Crippen LogP contribution < -0.4 is 10.5 Å². The highest BCUT2D eigenvalue weighted by Gasteiger charge is 2.25. The van der Waals surface area contributed by atoms with Gasteiger partial charge in [0.05, 0.1) is 11.8 Å². The second-order valence-corrected chi connectivity index (χ2v) is 7.28. The van der Waals surface area contributed by atoms with Gasteiger partial charge in [0.25, 0.3) is 0 Å². The number of ether oxygens (including phenoxy) is 1. The van der Waals surface area contributed by atoms with Gasteiger partial charge in [0.15, 0.2) is 0 Å². The summed E-state index contributed by atoms with van der Waals surface area (Å²) in [6.07, 6.45) is 4.56. The molecule has 8 nitrogen and oxygen atoms in total. The highest BCUT2D eigenvalue weighted by molar-refractivity contribution is 5.86. The molecule has 1 aromatic heterocycles. The number of likely N-dealkylation sites (tertiary alicyclic amines) is 1. The van der Waals surface area contributed by atoms with Gasteiger partial charge in [-0.2, -0.15) is 0 Å². The quantitative estimate of drug-likeness (QED) is 0.815. The summed E-state index contributed by atoms with van der Waals surface area (Å²) in [7, 11) is 0. The molecule has 0 aromatic carbocycles. The minimum absolute atomic E-state index is 0.0475. The third kappa shape index (κ3) is 5.48. The molecule has 27 heavy (non-hydrogen) atoms. The van der Waals surface area contributed by atoms with Crippen LogP contribution in [0.3, 0.4) is 0 Å². The van der Waals surface area contributed by atoms with Crippen LogP contribution in [0.5, 0.6) is 0 Å². The number of hydrogen-bond donors (Lipinski definition) is 1. The molecule has 1 aromatic rings. The second-order valence-electron chi connectivity index (χ2n) is 7.28. The first kappa shape index (κ1) is 19.3. The van der Waals surface area contributed by atoms with E-state index < -0.39 is 0 Å². The van der Waals surface area contributed by atoms with Gasteiger partial charge in [-0.15, -0.1) is 0 Å². The molecule has 8 heteroatoms. The number of pyridine rings is 1. The number of nitrogens with one attached hydrogen (secondary N) is 1. The fourth-order valence-electron chi connectivity index (χ4n) is 3.31. The fraction of sp³-hybridized carbons (Fsp3) is 0.632. The average Bonchev–Trinajstić information content (AvgIpc) is 2.66. The van der Waals surface area contributed by atoms with E-state index in [2.05, 4.69) is 15.0 Å². The summed E-state index contributed by atoms with van der Waals surface area (Å²) in [4.78, 5) is 35.6. The van der Waals surface area contributed by atoms with Gasteiger partial charge in [-0.25, -0.2) is 4.79 Å². The third-order valence-electron chi connectivity index (χ3n) is 4.83. The lowest BCUT2D eigenvalue weighted by Crippen LogP contribution is -2.41. The minimum Gasteiger partial charge on any atom is -0.447 e. The van der Waals surface area contributed by atoms with Crippen LogP contribution in [0, 0.1) is 0 Å². The summed E-state index contributed by atoms with van der Waals surface area (Å²) >= 11 is 0. The van der Waals surface area contributed by atoms with Crippen molar-refractivity contribution < 1.29 is 14.4 Å². The Morgan fingerprint density at radius 1 is 1.22 bits per heavy atom. The lowest BCUT2D eigenvalue weighted by Gasteiger charge is -2.31. The van der Waals surface area contributed by atoms with Crippen molar-refractivity contribution in [1.29, 1.82) is 0 Å². The number of H-pyrrole nitrogens is 1. The highest BCUT2D eigenvalue weighted by atomic mass is 16.6. The number of piperidine rings is 2. The van der Waals surface area contributed by atoms with Crippen LogP contribution in [0.4, 0.5) is 10.5 Å². The molecule has 1 amide bonds. The topological polar surface area (TPSA) is 87.2 Å². The van der Waals surface area contributed by atoms with Crippen molar-refractivity contribution in [3.63, 3.8) is 0 Å². The average molecular weight is 376 g/mol. The molecule has 0 spiro atoms. The standard InChI is InChI=1S/C19H28N4O4/c1-14(2)26-19(25)23-11-6-17(7-12-23)27-21-15-4-9-22(10-5-15)16-3-8-20-18(24)13-16/h3,8,13-14,17H,4-7,9-12H2,1-2H3,(H,20,24). The van der Waals surface area contributed by atoms with Gasteiger partial charge in [-0.1, -0.05) is 5.16 Å². The summed E-state index contributed by atoms with van der Waals surface area (Å²) < 4.78 is 5.23. The van der Waals surface area contributed by atoms with Crippen LogP contribution in [0.2, 0.25) is 0 Å². The number of carbonyl (C=O) groups is 1. The van der Waals surface area contributed by atoms with Crippen molar-refractivity contribution in [3.05, 3.63) is 28.7 Å². The van der Waals surface area contributed by atoms with Gasteiger partial charge in [0, 0.05) is 69.8 Å². The number of amides is 1. The third-order valence-corrected chi connectivity index (χ3v) is 4.83. The normalized spacial score (nSPS) is 18.6. The van der Waals surface area contributed by atoms with Crippen molar-refractivity contribution in [3.8, 4) is 0 Å². The number of rotatable bonds is 4. The molecule has 0 radical (unpaired) electrons. The Hall–Kier alpha value is -2.51. The first-order valence-corrected chi connectivity index (χ1v) is 9.62. The summed E-state index contributed by atoms with van der Waals surface area (Å²) in [6.45, 7) is 6.63. The van der Waals surface area contributed by atoms with E-state index in [1.807, 2.05) is 19.9 Å². The van der Waals surface area contributed by atoms with Gasteiger partial charge < -0.3 is 24.4 Å². The van der Waals surface area contributed by atoms with Crippen LogP contribution >= 0.6 is 0 Å². The Labute approximate surface area is 159 Å². The van der Waals surface area contributed by atoms with Gasteiger partial charge in [0.2, 0.25) is 5.56 Å². The Kier molecular flexibility index (Phi) is 6.36. The second kappa shape index (κ2) is 8.92. The molecule has 0 saturated carbocycles. The van der Waals surface area contributed by atoms with Crippen molar-refractivity contribution in [2.75, 3.05) is 31.1 Å². The van der Waals surface area contributed by atoms with E-state index in [-0.39, 0.29) is 23.9 Å². The smallest absolute Gasteiger partial charge is 0.410 e. The molecular formula is C19H28N4O4. The SMILES string of the molecule is CC(C)OC(=O)N1CCC(ON=C2CCN(c3cc[nH]c(=O)c3)CC2)CC1. The highest BCUT2D eigenvalue weighted by Crippen LogP contribution is 2.19. The first-order chi connectivity index (χ1) is 13.0. The molecule has 148 valence electrons. The van der Waals surface area contributed by atoms with E-state index in [0.717, 1.165) is 50.2 Å². The van der Waals surface area contributed by atoms with Crippen LogP contribution in [0.25, 0.3) is 0 Å². The number of nitrogens with zero attached hydrogens (tertiary/aromatic N) is 3. The predicted molar refractivity (Wildman–Crippen MR) is 103 cm³/mol. The number of aromatic amines is 1. The van der Waals surface area contributed by atoms with Crippen LogP contribution in [0.1, 0.15) is 39.5 Å². The lowest BCUT2D eigenvalue weighted by atomic mass is 10.1. The van der Waals surface area contributed by atoms with Gasteiger partial charge in [-0.05, 0) is 19.9 Å². The maximum absolute atomic E-state index is 11.9. The monoisotopic (exact) mass is 376 g/mol. The van der Waals surface area contributed by atoms with E-state index >= 15 is 0 Å². The Balaban J connectivity index is 1.41. The molecule has 2 aliphatic rings. The summed E-state index contributed by atoms with van der Waals surface area (Å²) in [6, 6.07) is 3.54. The Morgan fingerprint density at radius 2 is 1.93 bits per heavy atom. The number of anilines is 1. The van der Waals surface area contributed by atoms with Crippen molar-refractivity contribution in [2.45, 2.75) is 51.7 Å². The predicted octanol–water partition coefficient (Wildman–Crippen LogP) is 2.36. The summed E-state index contributed by atoms with van der Waals surface area (Å²) in [5.74, 6) is 0. The Bertz CT molecular complexity index is 712. The zero-order valence-electron chi connectivity index (χ0n) is 16.0. The van der Waals surface area contributed by atoms with Gasteiger partial charge >= 0.3 is 6.09 Å². The maximum Gasteiger partial charge on any atom is 0.410 e. The summed E-state index contributed by atoms with van der Waals surface area (Å²) in [5, 5.41) is 4.36. The number of hydrogen-bond acceptors (Lipinski definition) is 6. The van der Waals surface area contributed by atoms with E-state index in [1.54, 1.807) is 17.2 Å². The van der Waals surface area contributed by atoms with E-state index in [4.69, 9.17) is 9.57 Å². The minimum atomic E-state index is -0.248. The molecule has 2 fully saturated rings. The van der Waals surface area contributed by atoms with Gasteiger partial charge in [0.1, 0.15) is 6.10 Å². The largest absolute Gasteiger partial charge is 0.447 e. The molecule has 2 saturated heterocycles. The number of oxime groups is 1. The van der Waals surface area contributed by atoms with Crippen LogP contribution in [0.15, 0.2) is 28.3 Å². The lowest BCUT2D eigenvalue weighted by molar-refractivity contribution is 0.00415. The molecule has 0 bridgehead atoms. The maximum atomic E-state index is 11.9.